The predicted molar refractivity (Wildman–Crippen MR) is 63.1 cm³/mol. The normalized spacial score (nSPS) is 10.1. The first-order valence-electron chi connectivity index (χ1n) is 5.19. The summed E-state index contributed by atoms with van der Waals surface area (Å²) in [4.78, 5) is 0. The first-order valence-corrected chi connectivity index (χ1v) is 5.19. The van der Waals surface area contributed by atoms with Crippen molar-refractivity contribution in [2.24, 2.45) is 5.73 Å². The molecule has 1 aromatic carbocycles. The smallest absolute Gasteiger partial charge is 0.00772 e. The van der Waals surface area contributed by atoms with Crippen LogP contribution < -0.4 is 5.73 Å². The molecule has 0 heterocycles. The number of benzene rings is 1. The van der Waals surface area contributed by atoms with Crippen molar-refractivity contribution in [1.29, 1.82) is 0 Å². The molecular formula is C13H19N. The van der Waals surface area contributed by atoms with E-state index in [0.717, 1.165) is 25.0 Å². The third-order valence-electron chi connectivity index (χ3n) is 2.34. The van der Waals surface area contributed by atoms with E-state index in [9.17, 15) is 0 Å². The van der Waals surface area contributed by atoms with Gasteiger partial charge in [0.15, 0.2) is 0 Å². The van der Waals surface area contributed by atoms with Gasteiger partial charge >= 0.3 is 0 Å². The molecule has 0 aromatic heterocycles. The zero-order valence-electron chi connectivity index (χ0n) is 8.92. The third kappa shape index (κ3) is 3.35. The van der Waals surface area contributed by atoms with Crippen LogP contribution >= 0.6 is 0 Å². The molecule has 0 saturated heterocycles. The molecule has 0 aliphatic rings. The second-order valence-corrected chi connectivity index (χ2v) is 3.73. The zero-order chi connectivity index (χ0) is 10.4. The van der Waals surface area contributed by atoms with E-state index in [1.54, 1.807) is 0 Å². The number of hydrogen-bond donors (Lipinski definition) is 1. The summed E-state index contributed by atoms with van der Waals surface area (Å²) in [6, 6.07) is 8.60. The minimum Gasteiger partial charge on any atom is -0.330 e. The molecule has 0 spiro atoms. The standard InChI is InChI=1S/C13H19N/c1-11(2)13-8-5-7-12(10-13)6-3-4-9-14/h5,7-8,10H,1,3-4,6,9,14H2,2H3. The van der Waals surface area contributed by atoms with E-state index in [-0.39, 0.29) is 0 Å². The molecular weight excluding hydrogens is 170 g/mol. The maximum atomic E-state index is 5.46. The van der Waals surface area contributed by atoms with E-state index >= 15 is 0 Å². The van der Waals surface area contributed by atoms with Crippen LogP contribution in [0.25, 0.3) is 5.57 Å². The molecule has 1 aromatic rings. The van der Waals surface area contributed by atoms with Crippen molar-refractivity contribution in [3.8, 4) is 0 Å². The summed E-state index contributed by atoms with van der Waals surface area (Å²) in [5.74, 6) is 0. The van der Waals surface area contributed by atoms with Crippen LogP contribution in [0.3, 0.4) is 0 Å². The Balaban J connectivity index is 2.59. The van der Waals surface area contributed by atoms with E-state index in [2.05, 4.69) is 30.8 Å². The first kappa shape index (κ1) is 11.0. The van der Waals surface area contributed by atoms with Gasteiger partial charge in [0, 0.05) is 0 Å². The van der Waals surface area contributed by atoms with Gasteiger partial charge in [-0.1, -0.05) is 36.4 Å². The van der Waals surface area contributed by atoms with Crippen LogP contribution in [0.2, 0.25) is 0 Å². The zero-order valence-corrected chi connectivity index (χ0v) is 8.92. The fraction of sp³-hybridized carbons (Fsp3) is 0.385. The molecule has 2 N–H and O–H groups in total. The monoisotopic (exact) mass is 189 g/mol. The highest BCUT2D eigenvalue weighted by atomic mass is 14.5. The van der Waals surface area contributed by atoms with Crippen LogP contribution in [0.1, 0.15) is 30.9 Å². The highest BCUT2D eigenvalue weighted by Crippen LogP contribution is 2.14. The number of aryl methyl sites for hydroxylation is 1. The van der Waals surface area contributed by atoms with Crippen molar-refractivity contribution in [3.05, 3.63) is 42.0 Å². The molecule has 0 bridgehead atoms. The molecule has 0 radical (unpaired) electrons. The number of allylic oxidation sites excluding steroid dienone is 1. The summed E-state index contributed by atoms with van der Waals surface area (Å²) in [6.07, 6.45) is 3.41. The van der Waals surface area contributed by atoms with Gasteiger partial charge in [-0.3, -0.25) is 0 Å². The highest BCUT2D eigenvalue weighted by Gasteiger charge is 1.96. The van der Waals surface area contributed by atoms with E-state index in [4.69, 9.17) is 5.73 Å². The Morgan fingerprint density at radius 1 is 1.36 bits per heavy atom. The van der Waals surface area contributed by atoms with Crippen molar-refractivity contribution in [2.75, 3.05) is 6.54 Å². The van der Waals surface area contributed by atoms with Crippen LogP contribution in [0.5, 0.6) is 0 Å². The van der Waals surface area contributed by atoms with Crippen molar-refractivity contribution < 1.29 is 0 Å². The molecule has 0 unspecified atom stereocenters. The second kappa shape index (κ2) is 5.61. The van der Waals surface area contributed by atoms with Gasteiger partial charge in [-0.15, -0.1) is 0 Å². The van der Waals surface area contributed by atoms with Crippen LogP contribution in [-0.4, -0.2) is 6.54 Å². The second-order valence-electron chi connectivity index (χ2n) is 3.73. The van der Waals surface area contributed by atoms with Crippen LogP contribution in [-0.2, 0) is 6.42 Å². The Hall–Kier alpha value is -1.08. The lowest BCUT2D eigenvalue weighted by Gasteiger charge is -2.04. The maximum Gasteiger partial charge on any atom is -0.00772 e. The number of rotatable bonds is 5. The Bertz CT molecular complexity index is 302. The van der Waals surface area contributed by atoms with Crippen LogP contribution in [0.15, 0.2) is 30.8 Å². The third-order valence-corrected chi connectivity index (χ3v) is 2.34. The number of nitrogens with two attached hydrogens (primary N) is 1. The topological polar surface area (TPSA) is 26.0 Å². The maximum absolute atomic E-state index is 5.46. The summed E-state index contributed by atoms with van der Waals surface area (Å²) < 4.78 is 0. The molecule has 0 amide bonds. The first-order chi connectivity index (χ1) is 6.74. The molecule has 1 rings (SSSR count). The molecule has 0 fully saturated rings. The van der Waals surface area contributed by atoms with Gasteiger partial charge in [-0.05, 0) is 43.9 Å². The van der Waals surface area contributed by atoms with Gasteiger partial charge in [0.05, 0.1) is 0 Å². The molecule has 0 atom stereocenters. The molecule has 14 heavy (non-hydrogen) atoms. The van der Waals surface area contributed by atoms with Gasteiger partial charge in [0.25, 0.3) is 0 Å². The largest absolute Gasteiger partial charge is 0.330 e. The molecule has 0 saturated carbocycles. The lowest BCUT2D eigenvalue weighted by molar-refractivity contribution is 0.745. The van der Waals surface area contributed by atoms with E-state index < -0.39 is 0 Å². The number of unbranched alkanes of at least 4 members (excludes halogenated alkanes) is 1. The summed E-state index contributed by atoms with van der Waals surface area (Å²) in [7, 11) is 0. The van der Waals surface area contributed by atoms with Gasteiger partial charge in [0.2, 0.25) is 0 Å². The average molecular weight is 189 g/mol. The molecule has 76 valence electrons. The highest BCUT2D eigenvalue weighted by molar-refractivity contribution is 5.61. The van der Waals surface area contributed by atoms with Crippen molar-refractivity contribution >= 4 is 5.57 Å². The van der Waals surface area contributed by atoms with Crippen molar-refractivity contribution in [1.82, 2.24) is 0 Å². The van der Waals surface area contributed by atoms with Gasteiger partial charge in [-0.25, -0.2) is 0 Å². The predicted octanol–water partition coefficient (Wildman–Crippen LogP) is 3.00. The molecule has 0 aliphatic heterocycles. The SMILES string of the molecule is C=C(C)c1cccc(CCCCN)c1. The quantitative estimate of drug-likeness (QED) is 0.708. The minimum absolute atomic E-state index is 0.792. The van der Waals surface area contributed by atoms with Crippen LogP contribution in [0.4, 0.5) is 0 Å². The number of hydrogen-bond acceptors (Lipinski definition) is 1. The minimum atomic E-state index is 0.792. The molecule has 0 aliphatic carbocycles. The Morgan fingerprint density at radius 3 is 2.79 bits per heavy atom. The Kier molecular flexibility index (Phi) is 4.41. The summed E-state index contributed by atoms with van der Waals surface area (Å²) >= 11 is 0. The lowest BCUT2D eigenvalue weighted by Crippen LogP contribution is -1.99. The summed E-state index contributed by atoms with van der Waals surface area (Å²) in [6.45, 7) is 6.78. The molecule has 1 heteroatoms. The van der Waals surface area contributed by atoms with Gasteiger partial charge in [-0.2, -0.15) is 0 Å². The van der Waals surface area contributed by atoms with E-state index in [1.165, 1.54) is 17.5 Å². The van der Waals surface area contributed by atoms with E-state index in [0.29, 0.717) is 0 Å². The van der Waals surface area contributed by atoms with Gasteiger partial charge in [0.1, 0.15) is 0 Å². The fourth-order valence-corrected chi connectivity index (χ4v) is 1.47. The summed E-state index contributed by atoms with van der Waals surface area (Å²) in [5.41, 5.74) is 9.22. The Labute approximate surface area is 86.6 Å². The van der Waals surface area contributed by atoms with E-state index in [1.807, 2.05) is 6.92 Å². The average Bonchev–Trinajstić information content (AvgIpc) is 2.19. The van der Waals surface area contributed by atoms with Crippen molar-refractivity contribution in [2.45, 2.75) is 26.2 Å². The Morgan fingerprint density at radius 2 is 2.14 bits per heavy atom. The van der Waals surface area contributed by atoms with Gasteiger partial charge < -0.3 is 5.73 Å². The van der Waals surface area contributed by atoms with Crippen molar-refractivity contribution in [3.63, 3.8) is 0 Å². The van der Waals surface area contributed by atoms with Crippen LogP contribution in [0, 0.1) is 0 Å². The fourth-order valence-electron chi connectivity index (χ4n) is 1.47. The summed E-state index contributed by atoms with van der Waals surface area (Å²) in [5, 5.41) is 0. The molecule has 1 nitrogen and oxygen atoms in total. The lowest BCUT2D eigenvalue weighted by atomic mass is 10.0.